The van der Waals surface area contributed by atoms with Gasteiger partial charge in [0.05, 0.1) is 18.8 Å². The minimum Gasteiger partial charge on any atom is -0.389 e. The molecule has 4 N–H and O–H groups in total. The molecule has 5 nitrogen and oxygen atoms in total. The van der Waals surface area contributed by atoms with Gasteiger partial charge in [-0.3, -0.25) is 4.79 Å². The molecule has 0 spiro atoms. The van der Waals surface area contributed by atoms with E-state index in [0.717, 1.165) is 12.1 Å². The van der Waals surface area contributed by atoms with E-state index in [1.165, 1.54) is 0 Å². The van der Waals surface area contributed by atoms with E-state index in [1.807, 2.05) is 13.0 Å². The highest BCUT2D eigenvalue weighted by Crippen LogP contribution is 2.11. The molecule has 0 bridgehead atoms. The van der Waals surface area contributed by atoms with Crippen LogP contribution < -0.4 is 11.1 Å². The first-order valence-corrected chi connectivity index (χ1v) is 7.32. The molecule has 2 atom stereocenters. The Balaban J connectivity index is 2.34. The second-order valence-corrected chi connectivity index (χ2v) is 5.75. The second kappa shape index (κ2) is 8.64. The predicted molar refractivity (Wildman–Crippen MR) is 84.3 cm³/mol. The standard InChI is InChI=1S/C16H26N2O3/c1-11(2)7-12(3)21-10-15(19)9-18-14-6-4-5-13(8-14)16(17)20/h4-6,8,11-12,15,18-19H,7,9-10H2,1-3H3,(H2,17,20). The number of hydrogen-bond acceptors (Lipinski definition) is 4. The Labute approximate surface area is 126 Å². The number of aliphatic hydroxyl groups excluding tert-OH is 1. The van der Waals surface area contributed by atoms with E-state index in [0.29, 0.717) is 18.0 Å². The Morgan fingerprint density at radius 1 is 1.38 bits per heavy atom. The maximum atomic E-state index is 11.1. The number of carbonyl (C=O) groups excluding carboxylic acids is 1. The summed E-state index contributed by atoms with van der Waals surface area (Å²) in [6.07, 6.45) is 0.510. The topological polar surface area (TPSA) is 84.6 Å². The van der Waals surface area contributed by atoms with Crippen LogP contribution >= 0.6 is 0 Å². The first-order valence-electron chi connectivity index (χ1n) is 7.32. The molecule has 0 aliphatic carbocycles. The van der Waals surface area contributed by atoms with Crippen LogP contribution in [-0.2, 0) is 4.74 Å². The van der Waals surface area contributed by atoms with Crippen LogP contribution in [0, 0.1) is 5.92 Å². The van der Waals surface area contributed by atoms with Gasteiger partial charge >= 0.3 is 0 Å². The van der Waals surface area contributed by atoms with E-state index in [4.69, 9.17) is 10.5 Å². The quantitative estimate of drug-likeness (QED) is 0.650. The summed E-state index contributed by atoms with van der Waals surface area (Å²) >= 11 is 0. The minimum atomic E-state index is -0.600. The lowest BCUT2D eigenvalue weighted by molar-refractivity contribution is -0.00443. The van der Waals surface area contributed by atoms with Gasteiger partial charge in [-0.05, 0) is 37.5 Å². The number of rotatable bonds is 9. The van der Waals surface area contributed by atoms with Gasteiger partial charge in [0, 0.05) is 17.8 Å². The smallest absolute Gasteiger partial charge is 0.248 e. The third kappa shape index (κ3) is 7.11. The third-order valence-corrected chi connectivity index (χ3v) is 3.07. The number of anilines is 1. The average Bonchev–Trinajstić information content (AvgIpc) is 2.42. The van der Waals surface area contributed by atoms with Crippen molar-refractivity contribution in [2.75, 3.05) is 18.5 Å². The molecule has 21 heavy (non-hydrogen) atoms. The number of nitrogens with two attached hydrogens (primary N) is 1. The van der Waals surface area contributed by atoms with Crippen LogP contribution in [0.1, 0.15) is 37.6 Å². The van der Waals surface area contributed by atoms with E-state index < -0.39 is 12.0 Å². The lowest BCUT2D eigenvalue weighted by Gasteiger charge is -2.18. The minimum absolute atomic E-state index is 0.137. The molecule has 0 aromatic heterocycles. The number of amides is 1. The lowest BCUT2D eigenvalue weighted by Crippen LogP contribution is -2.27. The Hall–Kier alpha value is -1.59. The van der Waals surface area contributed by atoms with Crippen LogP contribution in [0.25, 0.3) is 0 Å². The summed E-state index contributed by atoms with van der Waals surface area (Å²) in [7, 11) is 0. The van der Waals surface area contributed by atoms with Crippen molar-refractivity contribution in [2.45, 2.75) is 39.4 Å². The molecule has 118 valence electrons. The summed E-state index contributed by atoms with van der Waals surface area (Å²) < 4.78 is 5.60. The van der Waals surface area contributed by atoms with Gasteiger partial charge in [-0.2, -0.15) is 0 Å². The van der Waals surface area contributed by atoms with Crippen LogP contribution in [0.4, 0.5) is 5.69 Å². The van der Waals surface area contributed by atoms with Crippen molar-refractivity contribution in [3.8, 4) is 0 Å². The highest BCUT2D eigenvalue weighted by Gasteiger charge is 2.10. The van der Waals surface area contributed by atoms with E-state index in [-0.39, 0.29) is 12.7 Å². The highest BCUT2D eigenvalue weighted by atomic mass is 16.5. The molecule has 0 fully saturated rings. The summed E-state index contributed by atoms with van der Waals surface area (Å²) in [5.41, 5.74) is 6.41. The van der Waals surface area contributed by atoms with Crippen LogP contribution in [0.3, 0.4) is 0 Å². The molecule has 1 amide bonds. The average molecular weight is 294 g/mol. The molecule has 2 unspecified atom stereocenters. The largest absolute Gasteiger partial charge is 0.389 e. The summed E-state index contributed by atoms with van der Waals surface area (Å²) in [5, 5.41) is 13.0. The molecule has 0 aliphatic rings. The van der Waals surface area contributed by atoms with Crippen LogP contribution in [-0.4, -0.2) is 36.4 Å². The number of ether oxygens (including phenoxy) is 1. The molecule has 0 saturated heterocycles. The number of carbonyl (C=O) groups is 1. The van der Waals surface area contributed by atoms with Crippen molar-refractivity contribution in [2.24, 2.45) is 11.7 Å². The van der Waals surface area contributed by atoms with Gasteiger partial charge in [0.25, 0.3) is 0 Å². The van der Waals surface area contributed by atoms with E-state index in [1.54, 1.807) is 18.2 Å². The van der Waals surface area contributed by atoms with E-state index in [9.17, 15) is 9.90 Å². The molecule has 0 radical (unpaired) electrons. The molecule has 1 aromatic rings. The van der Waals surface area contributed by atoms with Crippen molar-refractivity contribution in [3.63, 3.8) is 0 Å². The molecule has 1 rings (SSSR count). The first-order chi connectivity index (χ1) is 9.88. The molecule has 0 saturated carbocycles. The first kappa shape index (κ1) is 17.5. The number of primary amides is 1. The van der Waals surface area contributed by atoms with Crippen molar-refractivity contribution >= 4 is 11.6 Å². The van der Waals surface area contributed by atoms with Crippen molar-refractivity contribution in [3.05, 3.63) is 29.8 Å². The molecular weight excluding hydrogens is 268 g/mol. The number of benzene rings is 1. The zero-order valence-corrected chi connectivity index (χ0v) is 13.0. The second-order valence-electron chi connectivity index (χ2n) is 5.75. The fraction of sp³-hybridized carbons (Fsp3) is 0.562. The summed E-state index contributed by atoms with van der Waals surface area (Å²) in [6.45, 7) is 6.94. The van der Waals surface area contributed by atoms with E-state index >= 15 is 0 Å². The Bertz CT molecular complexity index is 449. The predicted octanol–water partition coefficient (Wildman–Crippen LogP) is 2.01. The highest BCUT2D eigenvalue weighted by molar-refractivity contribution is 5.93. The maximum Gasteiger partial charge on any atom is 0.248 e. The zero-order valence-electron chi connectivity index (χ0n) is 13.0. The lowest BCUT2D eigenvalue weighted by atomic mass is 10.1. The number of nitrogens with one attached hydrogen (secondary N) is 1. The molecule has 5 heteroatoms. The monoisotopic (exact) mass is 294 g/mol. The van der Waals surface area contributed by atoms with E-state index in [2.05, 4.69) is 19.2 Å². The van der Waals surface area contributed by atoms with Gasteiger partial charge in [0.1, 0.15) is 0 Å². The maximum absolute atomic E-state index is 11.1. The fourth-order valence-electron chi connectivity index (χ4n) is 2.08. The Kier molecular flexibility index (Phi) is 7.19. The van der Waals surface area contributed by atoms with Crippen molar-refractivity contribution < 1.29 is 14.6 Å². The summed E-state index contributed by atoms with van der Waals surface area (Å²) in [5.74, 6) is 0.108. The Morgan fingerprint density at radius 2 is 2.10 bits per heavy atom. The van der Waals surface area contributed by atoms with Gasteiger partial charge in [-0.15, -0.1) is 0 Å². The Morgan fingerprint density at radius 3 is 2.71 bits per heavy atom. The van der Waals surface area contributed by atoms with Gasteiger partial charge in [-0.1, -0.05) is 19.9 Å². The normalized spacial score (nSPS) is 14.0. The van der Waals surface area contributed by atoms with Gasteiger partial charge in [0.2, 0.25) is 5.91 Å². The third-order valence-electron chi connectivity index (χ3n) is 3.07. The summed E-state index contributed by atoms with van der Waals surface area (Å²) in [4.78, 5) is 11.1. The molecular formula is C16H26N2O3. The summed E-state index contributed by atoms with van der Waals surface area (Å²) in [6, 6.07) is 6.88. The van der Waals surface area contributed by atoms with Crippen LogP contribution in [0.15, 0.2) is 24.3 Å². The van der Waals surface area contributed by atoms with Gasteiger partial charge in [0.15, 0.2) is 0 Å². The van der Waals surface area contributed by atoms with Crippen LogP contribution in [0.5, 0.6) is 0 Å². The number of aliphatic hydroxyl groups is 1. The van der Waals surface area contributed by atoms with Crippen molar-refractivity contribution in [1.29, 1.82) is 0 Å². The molecule has 0 heterocycles. The van der Waals surface area contributed by atoms with Crippen LogP contribution in [0.2, 0.25) is 0 Å². The number of hydrogen-bond donors (Lipinski definition) is 3. The zero-order chi connectivity index (χ0) is 15.8. The molecule has 1 aromatic carbocycles. The SMILES string of the molecule is CC(C)CC(C)OCC(O)CNc1cccc(C(N)=O)c1. The fourth-order valence-corrected chi connectivity index (χ4v) is 2.08. The van der Waals surface area contributed by atoms with Gasteiger partial charge < -0.3 is 20.9 Å². The van der Waals surface area contributed by atoms with Gasteiger partial charge in [-0.25, -0.2) is 0 Å². The van der Waals surface area contributed by atoms with Crippen molar-refractivity contribution in [1.82, 2.24) is 0 Å². The molecule has 0 aliphatic heterocycles.